The summed E-state index contributed by atoms with van der Waals surface area (Å²) in [6, 6.07) is 19.2. The predicted molar refractivity (Wildman–Crippen MR) is 99.3 cm³/mol. The lowest BCUT2D eigenvalue weighted by molar-refractivity contribution is 0.376. The van der Waals surface area contributed by atoms with Crippen LogP contribution in [0.5, 0.6) is 0 Å². The second kappa shape index (κ2) is 8.08. The average molecular weight is 335 g/mol. The van der Waals surface area contributed by atoms with Gasteiger partial charge in [0.15, 0.2) is 5.82 Å². The maximum Gasteiger partial charge on any atom is 0.231 e. The summed E-state index contributed by atoms with van der Waals surface area (Å²) >= 11 is 0. The first-order valence-electron chi connectivity index (χ1n) is 8.80. The molecule has 1 aromatic heterocycles. The lowest BCUT2D eigenvalue weighted by Crippen LogP contribution is -2.18. The summed E-state index contributed by atoms with van der Waals surface area (Å²) < 4.78 is 5.35. The van der Waals surface area contributed by atoms with Crippen molar-refractivity contribution in [3.05, 3.63) is 83.0 Å². The molecule has 1 N–H and O–H groups in total. The van der Waals surface area contributed by atoms with Crippen LogP contribution in [0.3, 0.4) is 0 Å². The first-order valence-corrected chi connectivity index (χ1v) is 8.80. The van der Waals surface area contributed by atoms with Crippen LogP contribution in [0.25, 0.3) is 0 Å². The molecule has 4 heteroatoms. The molecule has 0 unspecified atom stereocenters. The highest BCUT2D eigenvalue weighted by Gasteiger charge is 2.10. The van der Waals surface area contributed by atoms with E-state index in [4.69, 9.17) is 4.52 Å². The van der Waals surface area contributed by atoms with E-state index in [2.05, 4.69) is 72.6 Å². The Labute approximate surface area is 149 Å². The number of nitrogens with one attached hydrogen (secondary N) is 1. The molecule has 3 rings (SSSR count). The summed E-state index contributed by atoms with van der Waals surface area (Å²) in [5, 5.41) is 7.52. The summed E-state index contributed by atoms with van der Waals surface area (Å²) in [5.74, 6) is 1.90. The van der Waals surface area contributed by atoms with E-state index in [1.807, 2.05) is 18.2 Å². The van der Waals surface area contributed by atoms with Crippen LogP contribution in [-0.2, 0) is 13.0 Å². The third-order valence-corrected chi connectivity index (χ3v) is 4.38. The van der Waals surface area contributed by atoms with Crippen LogP contribution in [0, 0.1) is 0 Å². The molecular weight excluding hydrogens is 310 g/mol. The summed E-state index contributed by atoms with van der Waals surface area (Å²) in [4.78, 5) is 4.47. The third-order valence-electron chi connectivity index (χ3n) is 4.38. The molecule has 0 saturated heterocycles. The molecule has 0 bridgehead atoms. The minimum Gasteiger partial charge on any atom is -0.339 e. The van der Waals surface area contributed by atoms with Gasteiger partial charge in [0.25, 0.3) is 0 Å². The largest absolute Gasteiger partial charge is 0.339 e. The van der Waals surface area contributed by atoms with Gasteiger partial charge in [0.05, 0.1) is 13.0 Å². The Kier molecular flexibility index (Phi) is 5.61. The highest BCUT2D eigenvalue weighted by Crippen LogP contribution is 2.18. The van der Waals surface area contributed by atoms with Crippen LogP contribution in [-0.4, -0.2) is 10.1 Å². The lowest BCUT2D eigenvalue weighted by atomic mass is 10.00. The van der Waals surface area contributed by atoms with Crippen LogP contribution in [0.4, 0.5) is 0 Å². The number of nitrogens with zero attached hydrogens (tertiary/aromatic N) is 2. The predicted octanol–water partition coefficient (Wildman–Crippen LogP) is 4.63. The van der Waals surface area contributed by atoms with Gasteiger partial charge in [0.1, 0.15) is 0 Å². The molecule has 0 amide bonds. The second-order valence-electron chi connectivity index (χ2n) is 6.69. The van der Waals surface area contributed by atoms with Gasteiger partial charge in [-0.1, -0.05) is 73.6 Å². The van der Waals surface area contributed by atoms with Crippen LogP contribution < -0.4 is 5.32 Å². The van der Waals surface area contributed by atoms with Gasteiger partial charge < -0.3 is 9.84 Å². The van der Waals surface area contributed by atoms with Gasteiger partial charge >= 0.3 is 0 Å². The number of benzene rings is 2. The number of rotatable bonds is 7. The monoisotopic (exact) mass is 335 g/mol. The van der Waals surface area contributed by atoms with Crippen molar-refractivity contribution in [2.24, 2.45) is 0 Å². The Balaban J connectivity index is 1.54. The van der Waals surface area contributed by atoms with Crippen molar-refractivity contribution in [3.63, 3.8) is 0 Å². The van der Waals surface area contributed by atoms with Crippen molar-refractivity contribution in [2.45, 2.75) is 45.7 Å². The molecule has 3 aromatic rings. The quantitative estimate of drug-likeness (QED) is 0.683. The molecule has 130 valence electrons. The second-order valence-corrected chi connectivity index (χ2v) is 6.69. The van der Waals surface area contributed by atoms with E-state index in [9.17, 15) is 0 Å². The minimum atomic E-state index is 0.234. The fourth-order valence-electron chi connectivity index (χ4n) is 2.74. The maximum atomic E-state index is 5.35. The first-order chi connectivity index (χ1) is 12.1. The number of hydrogen-bond donors (Lipinski definition) is 1. The lowest BCUT2D eigenvalue weighted by Gasteiger charge is -2.14. The molecule has 0 fully saturated rings. The zero-order valence-electron chi connectivity index (χ0n) is 15.1. The molecule has 0 aliphatic heterocycles. The fourth-order valence-corrected chi connectivity index (χ4v) is 2.74. The molecule has 1 atom stereocenters. The van der Waals surface area contributed by atoms with Crippen LogP contribution in [0.2, 0.25) is 0 Å². The molecule has 1 heterocycles. The third kappa shape index (κ3) is 4.77. The smallest absolute Gasteiger partial charge is 0.231 e. The molecular formula is C21H25N3O. The summed E-state index contributed by atoms with van der Waals surface area (Å²) in [6.07, 6.45) is 0.667. The molecule has 0 aliphatic rings. The standard InChI is InChI=1S/C21H25N3O/c1-15(2)18-9-11-19(12-10-18)16(3)22-14-20-23-21(25-24-20)13-17-7-5-4-6-8-17/h4-12,15-16,22H,13-14H2,1-3H3/t16-/m1/s1. The highest BCUT2D eigenvalue weighted by atomic mass is 16.5. The van der Waals surface area contributed by atoms with Crippen molar-refractivity contribution in [1.82, 2.24) is 15.5 Å². The van der Waals surface area contributed by atoms with Crippen LogP contribution in [0.1, 0.15) is 61.1 Å². The van der Waals surface area contributed by atoms with E-state index < -0.39 is 0 Å². The van der Waals surface area contributed by atoms with Gasteiger partial charge in [0, 0.05) is 6.04 Å². The van der Waals surface area contributed by atoms with Gasteiger partial charge in [-0.15, -0.1) is 0 Å². The Morgan fingerprint density at radius 2 is 1.60 bits per heavy atom. The van der Waals surface area contributed by atoms with Crippen molar-refractivity contribution >= 4 is 0 Å². The van der Waals surface area contributed by atoms with Crippen molar-refractivity contribution in [2.75, 3.05) is 0 Å². The molecule has 25 heavy (non-hydrogen) atoms. The Morgan fingerprint density at radius 1 is 0.920 bits per heavy atom. The van der Waals surface area contributed by atoms with E-state index in [1.165, 1.54) is 16.7 Å². The van der Waals surface area contributed by atoms with Crippen molar-refractivity contribution in [3.8, 4) is 0 Å². The number of aromatic nitrogens is 2. The Bertz CT molecular complexity index is 778. The molecule has 4 nitrogen and oxygen atoms in total. The van der Waals surface area contributed by atoms with E-state index in [-0.39, 0.29) is 6.04 Å². The van der Waals surface area contributed by atoms with E-state index in [0.29, 0.717) is 30.6 Å². The minimum absolute atomic E-state index is 0.234. The van der Waals surface area contributed by atoms with Gasteiger partial charge in [0.2, 0.25) is 5.89 Å². The van der Waals surface area contributed by atoms with Crippen LogP contribution >= 0.6 is 0 Å². The van der Waals surface area contributed by atoms with Gasteiger partial charge in [-0.2, -0.15) is 4.98 Å². The van der Waals surface area contributed by atoms with Gasteiger partial charge in [-0.05, 0) is 29.5 Å². The zero-order valence-corrected chi connectivity index (χ0v) is 15.1. The van der Waals surface area contributed by atoms with Crippen molar-refractivity contribution < 1.29 is 4.52 Å². The molecule has 0 spiro atoms. The summed E-state index contributed by atoms with van der Waals surface area (Å²) in [7, 11) is 0. The van der Waals surface area contributed by atoms with E-state index >= 15 is 0 Å². The van der Waals surface area contributed by atoms with Crippen LogP contribution in [0.15, 0.2) is 59.1 Å². The Morgan fingerprint density at radius 3 is 2.28 bits per heavy atom. The fraction of sp³-hybridized carbons (Fsp3) is 0.333. The number of hydrogen-bond acceptors (Lipinski definition) is 4. The molecule has 0 aliphatic carbocycles. The zero-order chi connectivity index (χ0) is 17.6. The maximum absolute atomic E-state index is 5.35. The molecule has 2 aromatic carbocycles. The normalized spacial score (nSPS) is 12.5. The molecule has 0 saturated carbocycles. The SMILES string of the molecule is CC(C)c1ccc([C@@H](C)NCc2noc(Cc3ccccc3)n2)cc1. The summed E-state index contributed by atoms with van der Waals surface area (Å²) in [6.45, 7) is 7.15. The average Bonchev–Trinajstić information content (AvgIpc) is 3.08. The topological polar surface area (TPSA) is 51.0 Å². The molecule has 0 radical (unpaired) electrons. The van der Waals surface area contributed by atoms with Crippen molar-refractivity contribution in [1.29, 1.82) is 0 Å². The summed E-state index contributed by atoms with van der Waals surface area (Å²) in [5.41, 5.74) is 3.79. The van der Waals surface area contributed by atoms with Gasteiger partial charge in [-0.25, -0.2) is 0 Å². The van der Waals surface area contributed by atoms with E-state index in [1.54, 1.807) is 0 Å². The highest BCUT2D eigenvalue weighted by molar-refractivity contribution is 5.26. The first kappa shape index (κ1) is 17.4. The Hall–Kier alpha value is -2.46. The van der Waals surface area contributed by atoms with Gasteiger partial charge in [-0.3, -0.25) is 0 Å². The van der Waals surface area contributed by atoms with E-state index in [0.717, 1.165) is 0 Å².